The Morgan fingerprint density at radius 2 is 1.89 bits per heavy atom. The van der Waals surface area contributed by atoms with Crippen LogP contribution in [0.2, 0.25) is 0 Å². The maximum Gasteiger partial charge on any atom is 0.272 e. The maximum atomic E-state index is 12.8. The molecular weight excluding hydrogens is 340 g/mol. The molecule has 5 heteroatoms. The highest BCUT2D eigenvalue weighted by Crippen LogP contribution is 2.31. The minimum atomic E-state index is -0.245. The van der Waals surface area contributed by atoms with Crippen molar-refractivity contribution < 1.29 is 14.0 Å². The highest BCUT2D eigenvalue weighted by atomic mass is 16.3. The van der Waals surface area contributed by atoms with Crippen molar-refractivity contribution in [2.45, 2.75) is 26.2 Å². The van der Waals surface area contributed by atoms with Crippen LogP contribution in [0.25, 0.3) is 21.9 Å². The Kier molecular flexibility index (Phi) is 3.44. The third-order valence-electron chi connectivity index (χ3n) is 5.30. The quantitative estimate of drug-likeness (QED) is 0.530. The van der Waals surface area contributed by atoms with Crippen molar-refractivity contribution in [2.75, 3.05) is 5.32 Å². The first kappa shape index (κ1) is 15.9. The molecule has 134 valence electrons. The van der Waals surface area contributed by atoms with E-state index in [0.29, 0.717) is 23.4 Å². The number of para-hydroxylation sites is 1. The molecule has 0 saturated carbocycles. The molecular formula is C22H18N2O3. The summed E-state index contributed by atoms with van der Waals surface area (Å²) in [6, 6.07) is 13.5. The van der Waals surface area contributed by atoms with Crippen LogP contribution >= 0.6 is 0 Å². The first-order chi connectivity index (χ1) is 13.1. The SMILES string of the molecule is Cc1c(C(=O)Nc2ccc3c(c2)oc2ccccc23)[nH]c2c1C(=O)CCC2. The van der Waals surface area contributed by atoms with Gasteiger partial charge in [0.1, 0.15) is 16.9 Å². The number of H-pyrrole nitrogens is 1. The topological polar surface area (TPSA) is 75.1 Å². The Bertz CT molecular complexity index is 1230. The van der Waals surface area contributed by atoms with E-state index in [2.05, 4.69) is 10.3 Å². The van der Waals surface area contributed by atoms with Gasteiger partial charge >= 0.3 is 0 Å². The summed E-state index contributed by atoms with van der Waals surface area (Å²) >= 11 is 0. The third-order valence-corrected chi connectivity index (χ3v) is 5.30. The van der Waals surface area contributed by atoms with Crippen molar-refractivity contribution in [2.24, 2.45) is 0 Å². The zero-order valence-corrected chi connectivity index (χ0v) is 14.9. The van der Waals surface area contributed by atoms with E-state index in [-0.39, 0.29) is 11.7 Å². The average molecular weight is 358 g/mol. The number of nitrogens with one attached hydrogen (secondary N) is 2. The standard InChI is InChI=1S/C22H18N2O3/c1-12-20-16(6-4-7-17(20)25)24-21(12)22(26)23-13-9-10-15-14-5-2-3-8-18(14)27-19(15)11-13/h2-3,5,8-11,24H,4,6-7H2,1H3,(H,23,26). The molecule has 0 saturated heterocycles. The van der Waals surface area contributed by atoms with Crippen LogP contribution in [-0.4, -0.2) is 16.7 Å². The zero-order valence-electron chi connectivity index (χ0n) is 14.9. The number of ketones is 1. The van der Waals surface area contributed by atoms with Crippen LogP contribution in [0.4, 0.5) is 5.69 Å². The summed E-state index contributed by atoms with van der Waals surface area (Å²) in [7, 11) is 0. The van der Waals surface area contributed by atoms with Crippen molar-refractivity contribution in [1.82, 2.24) is 4.98 Å². The van der Waals surface area contributed by atoms with Gasteiger partial charge < -0.3 is 14.7 Å². The molecule has 4 aromatic rings. The molecule has 0 aliphatic heterocycles. The number of hydrogen-bond acceptors (Lipinski definition) is 3. The Hall–Kier alpha value is -3.34. The largest absolute Gasteiger partial charge is 0.456 e. The molecule has 1 aliphatic carbocycles. The molecule has 0 fully saturated rings. The number of amides is 1. The molecule has 0 unspecified atom stereocenters. The van der Waals surface area contributed by atoms with E-state index < -0.39 is 0 Å². The molecule has 1 aliphatic rings. The fourth-order valence-corrected chi connectivity index (χ4v) is 4.00. The second-order valence-corrected chi connectivity index (χ2v) is 7.02. The van der Waals surface area contributed by atoms with Gasteiger partial charge in [0.2, 0.25) is 0 Å². The molecule has 0 bridgehead atoms. The first-order valence-electron chi connectivity index (χ1n) is 9.09. The molecule has 0 spiro atoms. The minimum Gasteiger partial charge on any atom is -0.456 e. The van der Waals surface area contributed by atoms with E-state index >= 15 is 0 Å². The molecule has 0 atom stereocenters. The van der Waals surface area contributed by atoms with Crippen LogP contribution in [0, 0.1) is 6.92 Å². The lowest BCUT2D eigenvalue weighted by molar-refractivity contribution is 0.0971. The van der Waals surface area contributed by atoms with Crippen LogP contribution < -0.4 is 5.32 Å². The maximum absolute atomic E-state index is 12.8. The number of benzene rings is 2. The Labute approximate surface area is 155 Å². The first-order valence-corrected chi connectivity index (χ1v) is 9.09. The smallest absolute Gasteiger partial charge is 0.272 e. The number of carbonyl (C=O) groups is 2. The van der Waals surface area contributed by atoms with E-state index in [1.807, 2.05) is 49.4 Å². The number of aromatic amines is 1. The highest BCUT2D eigenvalue weighted by molar-refractivity contribution is 6.10. The van der Waals surface area contributed by atoms with Crippen molar-refractivity contribution in [3.63, 3.8) is 0 Å². The van der Waals surface area contributed by atoms with Crippen LogP contribution in [-0.2, 0) is 6.42 Å². The predicted molar refractivity (Wildman–Crippen MR) is 104 cm³/mol. The zero-order chi connectivity index (χ0) is 18.5. The molecule has 2 N–H and O–H groups in total. The summed E-state index contributed by atoms with van der Waals surface area (Å²) in [5, 5.41) is 4.99. The molecule has 2 aromatic carbocycles. The molecule has 2 heterocycles. The molecule has 1 amide bonds. The summed E-state index contributed by atoms with van der Waals surface area (Å²) in [5.74, 6) is -0.127. The fourth-order valence-electron chi connectivity index (χ4n) is 4.00. The summed E-state index contributed by atoms with van der Waals surface area (Å²) in [6.07, 6.45) is 2.19. The fraction of sp³-hybridized carbons (Fsp3) is 0.182. The van der Waals surface area contributed by atoms with Gasteiger partial charge in [0.15, 0.2) is 5.78 Å². The van der Waals surface area contributed by atoms with Gasteiger partial charge in [-0.25, -0.2) is 0 Å². The van der Waals surface area contributed by atoms with E-state index in [4.69, 9.17) is 4.42 Å². The Balaban J connectivity index is 1.49. The normalized spacial score (nSPS) is 13.9. The summed E-state index contributed by atoms with van der Waals surface area (Å²) in [4.78, 5) is 28.1. The molecule has 0 radical (unpaired) electrons. The monoisotopic (exact) mass is 358 g/mol. The van der Waals surface area contributed by atoms with Crippen molar-refractivity contribution in [1.29, 1.82) is 0 Å². The van der Waals surface area contributed by atoms with Crippen LogP contribution in [0.15, 0.2) is 46.9 Å². The third kappa shape index (κ3) is 2.46. The number of anilines is 1. The number of Topliss-reactive ketones (excluding diaryl/α,β-unsaturated/α-hetero) is 1. The number of fused-ring (bicyclic) bond motifs is 4. The highest BCUT2D eigenvalue weighted by Gasteiger charge is 2.26. The number of furan rings is 1. The number of aromatic nitrogens is 1. The Morgan fingerprint density at radius 1 is 1.07 bits per heavy atom. The average Bonchev–Trinajstić information content (AvgIpc) is 3.20. The predicted octanol–water partition coefficient (Wildman–Crippen LogP) is 4.99. The summed E-state index contributed by atoms with van der Waals surface area (Å²) in [5.41, 5.74) is 4.97. The van der Waals surface area contributed by atoms with Gasteiger partial charge in [-0.3, -0.25) is 9.59 Å². The van der Waals surface area contributed by atoms with Gasteiger partial charge in [0.05, 0.1) is 0 Å². The number of carbonyl (C=O) groups excluding carboxylic acids is 2. The van der Waals surface area contributed by atoms with Crippen molar-refractivity contribution in [3.8, 4) is 0 Å². The van der Waals surface area contributed by atoms with Gasteiger partial charge in [-0.15, -0.1) is 0 Å². The second kappa shape index (κ2) is 5.84. The van der Waals surface area contributed by atoms with Gasteiger partial charge in [-0.05, 0) is 43.5 Å². The van der Waals surface area contributed by atoms with Crippen molar-refractivity contribution >= 4 is 39.3 Å². The van der Waals surface area contributed by atoms with E-state index in [1.54, 1.807) is 0 Å². The van der Waals surface area contributed by atoms with Crippen LogP contribution in [0.3, 0.4) is 0 Å². The lowest BCUT2D eigenvalue weighted by Crippen LogP contribution is -2.13. The molecule has 27 heavy (non-hydrogen) atoms. The molecule has 5 nitrogen and oxygen atoms in total. The van der Waals surface area contributed by atoms with Gasteiger partial charge in [-0.1, -0.05) is 18.2 Å². The van der Waals surface area contributed by atoms with Crippen LogP contribution in [0.1, 0.15) is 44.9 Å². The lowest BCUT2D eigenvalue weighted by atomic mass is 9.94. The number of aryl methyl sites for hydroxylation is 1. The van der Waals surface area contributed by atoms with Gasteiger partial charge in [0, 0.05) is 40.2 Å². The van der Waals surface area contributed by atoms with E-state index in [9.17, 15) is 9.59 Å². The van der Waals surface area contributed by atoms with Crippen LogP contribution in [0.5, 0.6) is 0 Å². The lowest BCUT2D eigenvalue weighted by Gasteiger charge is -2.09. The minimum absolute atomic E-state index is 0.118. The van der Waals surface area contributed by atoms with E-state index in [1.165, 1.54) is 0 Å². The number of rotatable bonds is 2. The van der Waals surface area contributed by atoms with E-state index in [0.717, 1.165) is 46.0 Å². The summed E-state index contributed by atoms with van der Waals surface area (Å²) in [6.45, 7) is 1.83. The summed E-state index contributed by atoms with van der Waals surface area (Å²) < 4.78 is 5.88. The second-order valence-electron chi connectivity index (χ2n) is 7.02. The molecule has 2 aromatic heterocycles. The Morgan fingerprint density at radius 3 is 2.74 bits per heavy atom. The molecule has 5 rings (SSSR count). The number of hydrogen-bond donors (Lipinski definition) is 2. The van der Waals surface area contributed by atoms with Gasteiger partial charge in [0.25, 0.3) is 5.91 Å². The van der Waals surface area contributed by atoms with Gasteiger partial charge in [-0.2, -0.15) is 0 Å². The van der Waals surface area contributed by atoms with Crippen molar-refractivity contribution in [3.05, 3.63) is 65.0 Å².